The Morgan fingerprint density at radius 1 is 1.43 bits per heavy atom. The fourth-order valence-electron chi connectivity index (χ4n) is 2.45. The van der Waals surface area contributed by atoms with E-state index in [1.807, 2.05) is 0 Å². The maximum Gasteiger partial charge on any atom is 0.406 e. The SMILES string of the molecule is O=C(O)C1(C(F)(F)F)CCN(Cc2ccc(F)c(Cl)c2)C1. The van der Waals surface area contributed by atoms with Crippen molar-refractivity contribution in [2.75, 3.05) is 13.1 Å². The lowest BCUT2D eigenvalue weighted by atomic mass is 9.86. The first kappa shape index (κ1) is 16.0. The minimum absolute atomic E-state index is 0.000799. The summed E-state index contributed by atoms with van der Waals surface area (Å²) >= 11 is 5.61. The fourth-order valence-corrected chi connectivity index (χ4v) is 2.65. The van der Waals surface area contributed by atoms with Crippen molar-refractivity contribution in [3.63, 3.8) is 0 Å². The van der Waals surface area contributed by atoms with Crippen molar-refractivity contribution in [1.82, 2.24) is 4.90 Å². The van der Waals surface area contributed by atoms with Crippen LogP contribution < -0.4 is 0 Å². The van der Waals surface area contributed by atoms with E-state index in [1.54, 1.807) is 0 Å². The lowest BCUT2D eigenvalue weighted by Crippen LogP contribution is -2.47. The Bertz CT molecular complexity index is 564. The Labute approximate surface area is 123 Å². The first-order valence-electron chi connectivity index (χ1n) is 6.12. The van der Waals surface area contributed by atoms with E-state index in [1.165, 1.54) is 17.0 Å². The number of nitrogens with zero attached hydrogens (tertiary/aromatic N) is 1. The third-order valence-corrected chi connectivity index (χ3v) is 3.98. The molecule has 0 bridgehead atoms. The standard InChI is InChI=1S/C13H12ClF4NO2/c14-9-5-8(1-2-10(9)15)6-19-4-3-12(7-19,11(20)21)13(16,17)18/h1-2,5H,3-4,6-7H2,(H,20,21). The molecule has 1 atom stereocenters. The van der Waals surface area contributed by atoms with Gasteiger partial charge in [-0.3, -0.25) is 9.69 Å². The molecule has 0 aromatic heterocycles. The summed E-state index contributed by atoms with van der Waals surface area (Å²) < 4.78 is 52.1. The lowest BCUT2D eigenvalue weighted by molar-refractivity contribution is -0.227. The van der Waals surface area contributed by atoms with E-state index in [4.69, 9.17) is 16.7 Å². The van der Waals surface area contributed by atoms with Gasteiger partial charge in [0, 0.05) is 19.6 Å². The van der Waals surface area contributed by atoms with Gasteiger partial charge in [0.25, 0.3) is 0 Å². The van der Waals surface area contributed by atoms with Crippen molar-refractivity contribution in [1.29, 1.82) is 0 Å². The molecule has 3 nitrogen and oxygen atoms in total. The molecule has 0 spiro atoms. The van der Waals surface area contributed by atoms with Crippen molar-refractivity contribution in [3.05, 3.63) is 34.6 Å². The van der Waals surface area contributed by atoms with E-state index < -0.39 is 36.3 Å². The van der Waals surface area contributed by atoms with E-state index in [0.29, 0.717) is 5.56 Å². The number of hydrogen-bond acceptors (Lipinski definition) is 2. The van der Waals surface area contributed by atoms with Crippen molar-refractivity contribution in [2.45, 2.75) is 19.1 Å². The Kier molecular flexibility index (Phi) is 4.17. The van der Waals surface area contributed by atoms with E-state index in [2.05, 4.69) is 0 Å². The average molecular weight is 326 g/mol. The molecule has 116 valence electrons. The summed E-state index contributed by atoms with van der Waals surface area (Å²) in [6.07, 6.45) is -5.31. The van der Waals surface area contributed by atoms with Crippen LogP contribution >= 0.6 is 11.6 Å². The number of carboxylic acid groups (broad SMARTS) is 1. The van der Waals surface area contributed by atoms with Gasteiger partial charge in [0.1, 0.15) is 5.82 Å². The normalized spacial score (nSPS) is 23.5. The first-order chi connectivity index (χ1) is 9.65. The minimum atomic E-state index is -4.81. The molecular weight excluding hydrogens is 314 g/mol. The van der Waals surface area contributed by atoms with Gasteiger partial charge in [-0.1, -0.05) is 17.7 Å². The van der Waals surface area contributed by atoms with Gasteiger partial charge in [-0.2, -0.15) is 13.2 Å². The summed E-state index contributed by atoms with van der Waals surface area (Å²) in [6, 6.07) is 3.86. The van der Waals surface area contributed by atoms with Crippen LogP contribution in [-0.4, -0.2) is 35.2 Å². The molecule has 1 aliphatic rings. The van der Waals surface area contributed by atoms with Crippen LogP contribution in [0.3, 0.4) is 0 Å². The van der Waals surface area contributed by atoms with Gasteiger partial charge in [-0.05, 0) is 24.1 Å². The molecule has 1 heterocycles. The highest BCUT2D eigenvalue weighted by molar-refractivity contribution is 6.30. The fraction of sp³-hybridized carbons (Fsp3) is 0.462. The highest BCUT2D eigenvalue weighted by Crippen LogP contribution is 2.46. The largest absolute Gasteiger partial charge is 0.481 e. The molecule has 0 radical (unpaired) electrons. The zero-order valence-electron chi connectivity index (χ0n) is 10.8. The number of likely N-dealkylation sites (tertiary alicyclic amines) is 1. The summed E-state index contributed by atoms with van der Waals surface area (Å²) in [5, 5.41) is 8.83. The van der Waals surface area contributed by atoms with Crippen LogP contribution in [0.5, 0.6) is 0 Å². The highest BCUT2D eigenvalue weighted by atomic mass is 35.5. The molecule has 1 aromatic carbocycles. The molecule has 2 rings (SSSR count). The van der Waals surface area contributed by atoms with Gasteiger partial charge in [0.2, 0.25) is 0 Å². The summed E-state index contributed by atoms with van der Waals surface area (Å²) in [7, 11) is 0. The quantitative estimate of drug-likeness (QED) is 0.867. The molecule has 0 amide bonds. The smallest absolute Gasteiger partial charge is 0.406 e. The number of halogens is 5. The number of hydrogen-bond donors (Lipinski definition) is 1. The van der Waals surface area contributed by atoms with E-state index in [-0.39, 0.29) is 18.1 Å². The zero-order chi connectivity index (χ0) is 15.8. The Balaban J connectivity index is 2.14. The topological polar surface area (TPSA) is 40.5 Å². The van der Waals surface area contributed by atoms with Crippen LogP contribution in [0.15, 0.2) is 18.2 Å². The highest BCUT2D eigenvalue weighted by Gasteiger charge is 2.63. The maximum atomic E-state index is 13.0. The maximum absolute atomic E-state index is 13.0. The molecule has 0 saturated carbocycles. The van der Waals surface area contributed by atoms with Crippen molar-refractivity contribution in [3.8, 4) is 0 Å². The van der Waals surface area contributed by atoms with E-state index >= 15 is 0 Å². The van der Waals surface area contributed by atoms with Gasteiger partial charge in [0.05, 0.1) is 5.02 Å². The average Bonchev–Trinajstić information content (AvgIpc) is 2.79. The van der Waals surface area contributed by atoms with Gasteiger partial charge in [0.15, 0.2) is 5.41 Å². The van der Waals surface area contributed by atoms with Crippen molar-refractivity contribution < 1.29 is 27.5 Å². The zero-order valence-corrected chi connectivity index (χ0v) is 11.5. The molecular formula is C13H12ClF4NO2. The Morgan fingerprint density at radius 2 is 2.10 bits per heavy atom. The molecule has 8 heteroatoms. The van der Waals surface area contributed by atoms with Crippen molar-refractivity contribution >= 4 is 17.6 Å². The van der Waals surface area contributed by atoms with Crippen LogP contribution in [0.2, 0.25) is 5.02 Å². The summed E-state index contributed by atoms with van der Waals surface area (Å²) in [5.41, 5.74) is -2.21. The third-order valence-electron chi connectivity index (χ3n) is 3.69. The Morgan fingerprint density at radius 3 is 2.57 bits per heavy atom. The molecule has 21 heavy (non-hydrogen) atoms. The second kappa shape index (κ2) is 5.46. The number of aliphatic carboxylic acids is 1. The first-order valence-corrected chi connectivity index (χ1v) is 6.50. The molecule has 1 unspecified atom stereocenters. The Hall–Kier alpha value is -1.34. The van der Waals surface area contributed by atoms with Crippen LogP contribution in [-0.2, 0) is 11.3 Å². The number of carbonyl (C=O) groups is 1. The van der Waals surface area contributed by atoms with Gasteiger partial charge < -0.3 is 5.11 Å². The predicted octanol–water partition coefficient (Wildman–Crippen LogP) is 3.32. The molecule has 1 N–H and O–H groups in total. The lowest BCUT2D eigenvalue weighted by Gasteiger charge is -2.27. The van der Waals surface area contributed by atoms with Crippen LogP contribution in [0.25, 0.3) is 0 Å². The van der Waals surface area contributed by atoms with Crippen LogP contribution in [0.1, 0.15) is 12.0 Å². The molecule has 1 fully saturated rings. The van der Waals surface area contributed by atoms with Crippen molar-refractivity contribution in [2.24, 2.45) is 5.41 Å². The van der Waals surface area contributed by atoms with Gasteiger partial charge in [-0.25, -0.2) is 4.39 Å². The predicted molar refractivity (Wildman–Crippen MR) is 67.4 cm³/mol. The van der Waals surface area contributed by atoms with Gasteiger partial charge in [-0.15, -0.1) is 0 Å². The summed E-state index contributed by atoms with van der Waals surface area (Å²) in [5.74, 6) is -2.48. The monoisotopic (exact) mass is 325 g/mol. The minimum Gasteiger partial charge on any atom is -0.481 e. The second-order valence-electron chi connectivity index (χ2n) is 5.09. The molecule has 0 aliphatic carbocycles. The second-order valence-corrected chi connectivity index (χ2v) is 5.50. The third kappa shape index (κ3) is 2.98. The number of alkyl halides is 3. The molecule has 1 saturated heterocycles. The number of rotatable bonds is 3. The van der Waals surface area contributed by atoms with E-state index in [0.717, 1.165) is 6.07 Å². The summed E-state index contributed by atoms with van der Waals surface area (Å²) in [6.45, 7) is -0.535. The number of carboxylic acids is 1. The summed E-state index contributed by atoms with van der Waals surface area (Å²) in [4.78, 5) is 12.4. The molecule has 1 aliphatic heterocycles. The van der Waals surface area contributed by atoms with Crippen LogP contribution in [0.4, 0.5) is 17.6 Å². The van der Waals surface area contributed by atoms with Gasteiger partial charge >= 0.3 is 12.1 Å². The van der Waals surface area contributed by atoms with E-state index in [9.17, 15) is 22.4 Å². The van der Waals surface area contributed by atoms with Crippen LogP contribution in [0, 0.1) is 11.2 Å². The molecule has 1 aromatic rings. The number of benzene rings is 1.